The fourth-order valence-corrected chi connectivity index (χ4v) is 4.97. The Morgan fingerprint density at radius 1 is 1.17 bits per heavy atom. The molecule has 1 heterocycles. The number of hydrogen-bond acceptors (Lipinski definition) is 3. The van der Waals surface area contributed by atoms with Gasteiger partial charge in [-0.15, -0.1) is 0 Å². The van der Waals surface area contributed by atoms with E-state index in [9.17, 15) is 8.42 Å². The molecule has 1 atom stereocenters. The summed E-state index contributed by atoms with van der Waals surface area (Å²) in [6, 6.07) is 12.0. The molecule has 3 rings (SSSR count). The van der Waals surface area contributed by atoms with Gasteiger partial charge in [0, 0.05) is 17.1 Å². The molecular weight excluding hydrogens is 346 g/mol. The first-order chi connectivity index (χ1) is 11.4. The molecule has 128 valence electrons. The quantitative estimate of drug-likeness (QED) is 0.816. The number of benzene rings is 2. The van der Waals surface area contributed by atoms with Crippen LogP contribution >= 0.6 is 11.6 Å². The molecule has 0 spiro atoms. The number of sulfonamides is 1. The van der Waals surface area contributed by atoms with Crippen LogP contribution in [0.5, 0.6) is 5.75 Å². The van der Waals surface area contributed by atoms with Crippen molar-refractivity contribution in [2.45, 2.75) is 30.7 Å². The van der Waals surface area contributed by atoms with Crippen molar-refractivity contribution in [1.82, 2.24) is 4.31 Å². The first-order valence-electron chi connectivity index (χ1n) is 7.85. The molecule has 1 saturated heterocycles. The van der Waals surface area contributed by atoms with E-state index in [1.807, 2.05) is 25.1 Å². The predicted octanol–water partition coefficient (Wildman–Crippen LogP) is 4.18. The van der Waals surface area contributed by atoms with Gasteiger partial charge in [0.1, 0.15) is 5.75 Å². The van der Waals surface area contributed by atoms with Crippen molar-refractivity contribution in [2.24, 2.45) is 0 Å². The van der Waals surface area contributed by atoms with E-state index in [1.54, 1.807) is 35.7 Å². The maximum atomic E-state index is 13.0. The number of hydrogen-bond donors (Lipinski definition) is 0. The van der Waals surface area contributed by atoms with E-state index in [-0.39, 0.29) is 10.9 Å². The Bertz CT molecular complexity index is 834. The van der Waals surface area contributed by atoms with Crippen LogP contribution < -0.4 is 4.74 Å². The third kappa shape index (κ3) is 3.16. The van der Waals surface area contributed by atoms with Crippen LogP contribution in [-0.4, -0.2) is 26.4 Å². The highest BCUT2D eigenvalue weighted by Crippen LogP contribution is 2.40. The molecule has 1 aliphatic rings. The van der Waals surface area contributed by atoms with E-state index in [0.717, 1.165) is 29.7 Å². The zero-order valence-corrected chi connectivity index (χ0v) is 15.3. The Labute approximate surface area is 148 Å². The van der Waals surface area contributed by atoms with Gasteiger partial charge in [0.15, 0.2) is 0 Å². The summed E-state index contributed by atoms with van der Waals surface area (Å²) in [6.45, 7) is 2.50. The Balaban J connectivity index is 2.00. The highest BCUT2D eigenvalue weighted by atomic mass is 35.5. The fraction of sp³-hybridized carbons (Fsp3) is 0.333. The van der Waals surface area contributed by atoms with Crippen LogP contribution in [0.1, 0.15) is 30.0 Å². The summed E-state index contributed by atoms with van der Waals surface area (Å²) in [7, 11) is -1.95. The van der Waals surface area contributed by atoms with E-state index in [1.165, 1.54) is 0 Å². The summed E-state index contributed by atoms with van der Waals surface area (Å²) in [6.07, 6.45) is 1.61. The molecule has 2 aromatic rings. The Morgan fingerprint density at radius 2 is 1.88 bits per heavy atom. The zero-order chi connectivity index (χ0) is 17.3. The lowest BCUT2D eigenvalue weighted by Crippen LogP contribution is -2.30. The van der Waals surface area contributed by atoms with Gasteiger partial charge < -0.3 is 4.74 Å². The monoisotopic (exact) mass is 365 g/mol. The van der Waals surface area contributed by atoms with E-state index in [2.05, 4.69) is 0 Å². The SMILES string of the molecule is COc1cc(C)ccc1C1CCCN1S(=O)(=O)c1ccc(Cl)cc1. The summed E-state index contributed by atoms with van der Waals surface area (Å²) >= 11 is 5.88. The average Bonchev–Trinajstić information content (AvgIpc) is 3.05. The minimum Gasteiger partial charge on any atom is -0.496 e. The summed E-state index contributed by atoms with van der Waals surface area (Å²) in [5.41, 5.74) is 2.00. The van der Waals surface area contributed by atoms with Gasteiger partial charge >= 0.3 is 0 Å². The second-order valence-corrected chi connectivity index (χ2v) is 8.30. The van der Waals surface area contributed by atoms with E-state index in [0.29, 0.717) is 11.6 Å². The molecular formula is C18H20ClNO3S. The fourth-order valence-electron chi connectivity index (χ4n) is 3.17. The van der Waals surface area contributed by atoms with Gasteiger partial charge in [-0.3, -0.25) is 0 Å². The second kappa shape index (κ2) is 6.75. The summed E-state index contributed by atoms with van der Waals surface area (Å²) in [5, 5.41) is 0.520. The van der Waals surface area contributed by atoms with E-state index in [4.69, 9.17) is 16.3 Å². The third-order valence-corrected chi connectivity index (χ3v) is 6.55. The van der Waals surface area contributed by atoms with Crippen molar-refractivity contribution in [1.29, 1.82) is 0 Å². The van der Waals surface area contributed by atoms with E-state index < -0.39 is 10.0 Å². The lowest BCUT2D eigenvalue weighted by Gasteiger charge is -2.26. The van der Waals surface area contributed by atoms with Crippen LogP contribution in [0, 0.1) is 6.92 Å². The Hall–Kier alpha value is -1.56. The molecule has 24 heavy (non-hydrogen) atoms. The smallest absolute Gasteiger partial charge is 0.243 e. The Morgan fingerprint density at radius 3 is 2.54 bits per heavy atom. The van der Waals surface area contributed by atoms with Crippen LogP contribution in [0.2, 0.25) is 5.02 Å². The highest BCUT2D eigenvalue weighted by Gasteiger charge is 2.37. The van der Waals surface area contributed by atoms with Crippen molar-refractivity contribution in [3.05, 3.63) is 58.6 Å². The molecule has 0 radical (unpaired) electrons. The second-order valence-electron chi connectivity index (χ2n) is 5.97. The van der Waals surface area contributed by atoms with Crippen molar-refractivity contribution < 1.29 is 13.2 Å². The molecule has 0 aromatic heterocycles. The topological polar surface area (TPSA) is 46.6 Å². The molecule has 4 nitrogen and oxygen atoms in total. The molecule has 1 unspecified atom stereocenters. The molecule has 2 aromatic carbocycles. The maximum absolute atomic E-state index is 13.0. The molecule has 0 aliphatic carbocycles. The lowest BCUT2D eigenvalue weighted by molar-refractivity contribution is 0.366. The van der Waals surface area contributed by atoms with Crippen molar-refractivity contribution >= 4 is 21.6 Å². The van der Waals surface area contributed by atoms with E-state index >= 15 is 0 Å². The minimum absolute atomic E-state index is 0.207. The molecule has 1 fully saturated rings. The zero-order valence-electron chi connectivity index (χ0n) is 13.7. The number of halogens is 1. The molecule has 0 bridgehead atoms. The largest absolute Gasteiger partial charge is 0.496 e. The lowest BCUT2D eigenvalue weighted by atomic mass is 10.0. The Kier molecular flexibility index (Phi) is 4.85. The average molecular weight is 366 g/mol. The van der Waals surface area contributed by atoms with Gasteiger partial charge in [-0.05, 0) is 55.7 Å². The molecule has 0 amide bonds. The van der Waals surface area contributed by atoms with Gasteiger partial charge in [0.25, 0.3) is 0 Å². The number of rotatable bonds is 4. The highest BCUT2D eigenvalue weighted by molar-refractivity contribution is 7.89. The number of aryl methyl sites for hydroxylation is 1. The maximum Gasteiger partial charge on any atom is 0.243 e. The summed E-state index contributed by atoms with van der Waals surface area (Å²) < 4.78 is 33.1. The van der Waals surface area contributed by atoms with Crippen molar-refractivity contribution in [3.63, 3.8) is 0 Å². The van der Waals surface area contributed by atoms with Gasteiger partial charge in [-0.2, -0.15) is 4.31 Å². The first-order valence-corrected chi connectivity index (χ1v) is 9.67. The van der Waals surface area contributed by atoms with Gasteiger partial charge in [0.2, 0.25) is 10.0 Å². The third-order valence-electron chi connectivity index (χ3n) is 4.37. The molecule has 0 N–H and O–H groups in total. The molecule has 6 heteroatoms. The van der Waals surface area contributed by atoms with Crippen LogP contribution in [-0.2, 0) is 10.0 Å². The number of ether oxygens (including phenoxy) is 1. The van der Waals surface area contributed by atoms with Crippen LogP contribution in [0.25, 0.3) is 0 Å². The van der Waals surface area contributed by atoms with Crippen LogP contribution in [0.4, 0.5) is 0 Å². The van der Waals surface area contributed by atoms with Gasteiger partial charge in [-0.25, -0.2) is 8.42 Å². The van der Waals surface area contributed by atoms with Gasteiger partial charge in [-0.1, -0.05) is 23.7 Å². The summed E-state index contributed by atoms with van der Waals surface area (Å²) in [4.78, 5) is 0.268. The van der Waals surface area contributed by atoms with Crippen LogP contribution in [0.15, 0.2) is 47.4 Å². The standard InChI is InChI=1S/C18H20ClNO3S/c1-13-5-10-16(18(12-13)23-2)17-4-3-11-20(17)24(21,22)15-8-6-14(19)7-9-15/h5-10,12,17H,3-4,11H2,1-2H3. The minimum atomic E-state index is -3.57. The van der Waals surface area contributed by atoms with Gasteiger partial charge in [0.05, 0.1) is 18.0 Å². The molecule has 0 saturated carbocycles. The first kappa shape index (κ1) is 17.3. The summed E-state index contributed by atoms with van der Waals surface area (Å²) in [5.74, 6) is 0.734. The van der Waals surface area contributed by atoms with Crippen molar-refractivity contribution in [2.75, 3.05) is 13.7 Å². The van der Waals surface area contributed by atoms with Crippen LogP contribution in [0.3, 0.4) is 0 Å². The normalized spacial score (nSPS) is 18.7. The number of nitrogens with zero attached hydrogens (tertiary/aromatic N) is 1. The predicted molar refractivity (Wildman–Crippen MR) is 95.0 cm³/mol. The van der Waals surface area contributed by atoms with Crippen molar-refractivity contribution in [3.8, 4) is 5.75 Å². The molecule has 1 aliphatic heterocycles. The number of methoxy groups -OCH3 is 1.